The minimum absolute atomic E-state index is 0.0173. The Morgan fingerprint density at radius 2 is 1.72 bits per heavy atom. The normalized spacial score (nSPS) is 20.4. The lowest BCUT2D eigenvalue weighted by atomic mass is 9.83. The molecular formula is C24H25F2N3O3. The molecule has 0 radical (unpaired) electrons. The smallest absolute Gasteiger partial charge is 0.275 e. The molecule has 1 atom stereocenters. The lowest BCUT2D eigenvalue weighted by Gasteiger charge is -2.46. The summed E-state index contributed by atoms with van der Waals surface area (Å²) in [5, 5.41) is 16.6. The number of carbonyl (C=O) groups excluding carboxylic acids is 1. The van der Waals surface area contributed by atoms with Crippen molar-refractivity contribution >= 4 is 12.1 Å². The summed E-state index contributed by atoms with van der Waals surface area (Å²) in [6, 6.07) is 11.6. The van der Waals surface area contributed by atoms with Gasteiger partial charge in [0.1, 0.15) is 24.0 Å². The lowest BCUT2D eigenvalue weighted by molar-refractivity contribution is -0.136. The first-order valence-electron chi connectivity index (χ1n) is 10.5. The van der Waals surface area contributed by atoms with Crippen LogP contribution in [0.3, 0.4) is 0 Å². The molecule has 2 aromatic rings. The van der Waals surface area contributed by atoms with Gasteiger partial charge < -0.3 is 14.7 Å². The molecule has 1 amide bonds. The molecule has 0 aromatic heterocycles. The van der Waals surface area contributed by atoms with E-state index < -0.39 is 23.6 Å². The molecule has 0 saturated carbocycles. The first-order chi connectivity index (χ1) is 15.4. The Morgan fingerprint density at radius 3 is 2.28 bits per heavy atom. The van der Waals surface area contributed by atoms with Crippen molar-refractivity contribution in [2.24, 2.45) is 5.10 Å². The number of fused-ring (bicyclic) bond motifs is 1. The second-order valence-corrected chi connectivity index (χ2v) is 8.16. The number of aliphatic hydroxyl groups is 1. The molecule has 4 rings (SSSR count). The Morgan fingerprint density at radius 1 is 1.09 bits per heavy atom. The maximum Gasteiger partial charge on any atom is 0.275 e. The molecule has 0 aliphatic carbocycles. The van der Waals surface area contributed by atoms with Crippen molar-refractivity contribution in [1.29, 1.82) is 0 Å². The number of nitrogens with zero attached hydrogens (tertiary/aromatic N) is 3. The summed E-state index contributed by atoms with van der Waals surface area (Å²) in [5.74, 6) is -1.96. The molecule has 32 heavy (non-hydrogen) atoms. The topological polar surface area (TPSA) is 65.4 Å². The number of amides is 1. The standard InChI is InChI=1S/C24H25F2N3O3/c1-15(2)28-13-20(29-23(24(28)31)21(30)14-32-10-9-27-29)22(16-5-3-7-18(25)11-16)17-6-4-8-19(26)12-17/h3-9,11-12,15,20,22,30H,10,13-14H2,1-2H3/b23-21?,27-9-. The molecule has 168 valence electrons. The summed E-state index contributed by atoms with van der Waals surface area (Å²) in [4.78, 5) is 14.9. The second kappa shape index (κ2) is 9.08. The van der Waals surface area contributed by atoms with Gasteiger partial charge in [-0.15, -0.1) is 0 Å². The fourth-order valence-corrected chi connectivity index (χ4v) is 4.29. The number of hydrazone groups is 1. The Bertz CT molecular complexity index is 1020. The summed E-state index contributed by atoms with van der Waals surface area (Å²) in [6.45, 7) is 4.04. The molecule has 1 saturated heterocycles. The van der Waals surface area contributed by atoms with E-state index in [0.29, 0.717) is 11.1 Å². The molecule has 1 unspecified atom stereocenters. The Labute approximate surface area is 185 Å². The minimum atomic E-state index is -0.531. The van der Waals surface area contributed by atoms with E-state index in [-0.39, 0.29) is 43.2 Å². The maximum atomic E-state index is 14.2. The highest BCUT2D eigenvalue weighted by atomic mass is 19.1. The van der Waals surface area contributed by atoms with Gasteiger partial charge in [0.05, 0.1) is 18.9 Å². The van der Waals surface area contributed by atoms with E-state index in [1.807, 2.05) is 13.8 Å². The average molecular weight is 441 g/mol. The minimum Gasteiger partial charge on any atom is -0.507 e. The Balaban J connectivity index is 1.92. The van der Waals surface area contributed by atoms with Crippen LogP contribution in [-0.4, -0.2) is 59.0 Å². The predicted molar refractivity (Wildman–Crippen MR) is 116 cm³/mol. The zero-order valence-electron chi connectivity index (χ0n) is 17.9. The molecular weight excluding hydrogens is 416 g/mol. The fraction of sp³-hybridized carbons (Fsp3) is 0.333. The van der Waals surface area contributed by atoms with Gasteiger partial charge >= 0.3 is 0 Å². The van der Waals surface area contributed by atoms with E-state index in [2.05, 4.69) is 5.10 Å². The summed E-state index contributed by atoms with van der Waals surface area (Å²) in [5.41, 5.74) is 1.25. The van der Waals surface area contributed by atoms with E-state index in [1.54, 1.807) is 29.2 Å². The monoisotopic (exact) mass is 441 g/mol. The van der Waals surface area contributed by atoms with Gasteiger partial charge in [0, 0.05) is 18.5 Å². The molecule has 6 nitrogen and oxygen atoms in total. The molecule has 2 aliphatic rings. The van der Waals surface area contributed by atoms with E-state index >= 15 is 0 Å². The van der Waals surface area contributed by atoms with Gasteiger partial charge in [0.15, 0.2) is 5.70 Å². The zero-order chi connectivity index (χ0) is 22.8. The highest BCUT2D eigenvalue weighted by Crippen LogP contribution is 2.38. The van der Waals surface area contributed by atoms with Crippen LogP contribution in [0.1, 0.15) is 30.9 Å². The van der Waals surface area contributed by atoms with Crippen LogP contribution in [0.4, 0.5) is 8.78 Å². The van der Waals surface area contributed by atoms with Crippen molar-refractivity contribution in [3.63, 3.8) is 0 Å². The van der Waals surface area contributed by atoms with Gasteiger partial charge in [-0.2, -0.15) is 5.10 Å². The number of piperazine rings is 1. The van der Waals surface area contributed by atoms with Crippen LogP contribution in [-0.2, 0) is 9.53 Å². The van der Waals surface area contributed by atoms with Gasteiger partial charge in [0.25, 0.3) is 5.91 Å². The largest absolute Gasteiger partial charge is 0.507 e. The van der Waals surface area contributed by atoms with E-state index in [0.717, 1.165) is 0 Å². The number of hydrogen-bond donors (Lipinski definition) is 1. The van der Waals surface area contributed by atoms with Crippen LogP contribution in [0.15, 0.2) is 65.1 Å². The first kappa shape index (κ1) is 22.0. The number of benzene rings is 2. The van der Waals surface area contributed by atoms with Crippen molar-refractivity contribution in [2.75, 3.05) is 19.8 Å². The number of ether oxygens (including phenoxy) is 1. The first-order valence-corrected chi connectivity index (χ1v) is 10.5. The molecule has 2 aliphatic heterocycles. The van der Waals surface area contributed by atoms with Gasteiger partial charge in [-0.05, 0) is 49.2 Å². The fourth-order valence-electron chi connectivity index (χ4n) is 4.29. The number of carbonyl (C=O) groups is 1. The van der Waals surface area contributed by atoms with E-state index in [4.69, 9.17) is 4.74 Å². The van der Waals surface area contributed by atoms with Crippen molar-refractivity contribution in [1.82, 2.24) is 9.91 Å². The Kier molecular flexibility index (Phi) is 6.23. The maximum absolute atomic E-state index is 14.2. The molecule has 2 aromatic carbocycles. The van der Waals surface area contributed by atoms with Crippen LogP contribution < -0.4 is 0 Å². The van der Waals surface area contributed by atoms with Gasteiger partial charge in [0.2, 0.25) is 0 Å². The third-order valence-corrected chi connectivity index (χ3v) is 5.72. The number of rotatable bonds is 4. The summed E-state index contributed by atoms with van der Waals surface area (Å²) < 4.78 is 33.8. The number of aliphatic hydroxyl groups excluding tert-OH is 1. The predicted octanol–water partition coefficient (Wildman–Crippen LogP) is 3.80. The number of hydrogen-bond acceptors (Lipinski definition) is 5. The quantitative estimate of drug-likeness (QED) is 0.784. The van der Waals surface area contributed by atoms with E-state index in [9.17, 15) is 18.7 Å². The van der Waals surface area contributed by atoms with Crippen molar-refractivity contribution in [3.05, 3.63) is 82.7 Å². The van der Waals surface area contributed by atoms with Crippen molar-refractivity contribution in [3.8, 4) is 0 Å². The third kappa shape index (κ3) is 4.23. The molecule has 0 spiro atoms. The van der Waals surface area contributed by atoms with Crippen LogP contribution in [0.2, 0.25) is 0 Å². The van der Waals surface area contributed by atoms with Crippen LogP contribution in [0.5, 0.6) is 0 Å². The van der Waals surface area contributed by atoms with E-state index in [1.165, 1.54) is 35.5 Å². The highest BCUT2D eigenvalue weighted by Gasteiger charge is 2.44. The van der Waals surface area contributed by atoms with Gasteiger partial charge in [-0.1, -0.05) is 24.3 Å². The second-order valence-electron chi connectivity index (χ2n) is 8.16. The summed E-state index contributed by atoms with van der Waals surface area (Å²) in [6.07, 6.45) is 1.52. The van der Waals surface area contributed by atoms with Crippen LogP contribution in [0.25, 0.3) is 0 Å². The average Bonchev–Trinajstić information content (AvgIpc) is 2.73. The van der Waals surface area contributed by atoms with Crippen molar-refractivity contribution < 1.29 is 23.4 Å². The van der Waals surface area contributed by atoms with Gasteiger partial charge in [-0.3, -0.25) is 9.80 Å². The molecule has 1 N–H and O–H groups in total. The van der Waals surface area contributed by atoms with Crippen molar-refractivity contribution in [2.45, 2.75) is 31.8 Å². The SMILES string of the molecule is CC(C)N1CC(C(c2cccc(F)c2)c2cccc(F)c2)N2/N=C\COCC(O)=C2C1=O. The van der Waals surface area contributed by atoms with Crippen LogP contribution in [0, 0.1) is 11.6 Å². The van der Waals surface area contributed by atoms with Crippen LogP contribution >= 0.6 is 0 Å². The lowest BCUT2D eigenvalue weighted by Crippen LogP contribution is -2.57. The molecule has 8 heteroatoms. The highest BCUT2D eigenvalue weighted by molar-refractivity contribution is 5.94. The summed E-state index contributed by atoms with van der Waals surface area (Å²) >= 11 is 0. The molecule has 1 fully saturated rings. The third-order valence-electron chi connectivity index (χ3n) is 5.72. The molecule has 2 heterocycles. The Hall–Kier alpha value is -3.26. The van der Waals surface area contributed by atoms with Gasteiger partial charge in [-0.25, -0.2) is 8.78 Å². The summed E-state index contributed by atoms with van der Waals surface area (Å²) in [7, 11) is 0. The number of halogens is 2. The molecule has 0 bridgehead atoms. The zero-order valence-corrected chi connectivity index (χ0v) is 17.9.